The van der Waals surface area contributed by atoms with Gasteiger partial charge in [0.2, 0.25) is 5.95 Å². The summed E-state index contributed by atoms with van der Waals surface area (Å²) in [4.78, 5) is 16.8. The first kappa shape index (κ1) is 23.3. The molecule has 3 heterocycles. The monoisotopic (exact) mass is 491 g/mol. The number of aliphatic hydroxyl groups excluding tert-OH is 1. The number of nitrogens with one attached hydrogen (secondary N) is 1. The number of aliphatic hydroxyl groups is 1. The van der Waals surface area contributed by atoms with Crippen molar-refractivity contribution in [3.63, 3.8) is 0 Å². The van der Waals surface area contributed by atoms with Gasteiger partial charge in [0.25, 0.3) is 0 Å². The Balaban J connectivity index is 1.43. The van der Waals surface area contributed by atoms with Gasteiger partial charge in [-0.2, -0.15) is 0 Å². The van der Waals surface area contributed by atoms with Crippen LogP contribution in [-0.4, -0.2) is 46.4 Å². The first-order valence-electron chi connectivity index (χ1n) is 11.6. The van der Waals surface area contributed by atoms with Crippen LogP contribution in [0, 0.1) is 5.82 Å². The number of thiazole rings is 1. The van der Waals surface area contributed by atoms with Crippen LogP contribution in [0.3, 0.4) is 0 Å². The molecule has 1 aliphatic heterocycles. The molecule has 4 aromatic rings. The molecule has 1 aliphatic rings. The lowest BCUT2D eigenvalue weighted by molar-refractivity contribution is 0.122. The molecule has 5 rings (SSSR count). The number of hydrogen-bond donors (Lipinski definition) is 2. The highest BCUT2D eigenvalue weighted by atomic mass is 32.1. The minimum atomic E-state index is -0.297. The van der Waals surface area contributed by atoms with Crippen molar-refractivity contribution in [3.05, 3.63) is 71.1 Å². The van der Waals surface area contributed by atoms with E-state index in [1.807, 2.05) is 41.3 Å². The molecule has 2 aromatic carbocycles. The van der Waals surface area contributed by atoms with Gasteiger partial charge in [-0.15, -0.1) is 11.3 Å². The SMILES string of the molecule is CCc1nc(-c2cccc(CO)c2)c(-c2ccnc(Nc3ccc(N4CCOCC4)c(F)c3)n2)s1. The molecule has 2 N–H and O–H groups in total. The minimum absolute atomic E-state index is 0.0313. The number of rotatable bonds is 7. The van der Waals surface area contributed by atoms with E-state index in [1.54, 1.807) is 23.6 Å². The number of aryl methyl sites for hydroxylation is 1. The van der Waals surface area contributed by atoms with E-state index in [0.717, 1.165) is 38.8 Å². The maximum Gasteiger partial charge on any atom is 0.227 e. The summed E-state index contributed by atoms with van der Waals surface area (Å²) >= 11 is 1.59. The lowest BCUT2D eigenvalue weighted by Crippen LogP contribution is -2.36. The number of hydrogen-bond acceptors (Lipinski definition) is 8. The molecule has 2 aromatic heterocycles. The highest BCUT2D eigenvalue weighted by molar-refractivity contribution is 7.15. The molecule has 0 aliphatic carbocycles. The highest BCUT2D eigenvalue weighted by Gasteiger charge is 2.18. The Labute approximate surface area is 207 Å². The highest BCUT2D eigenvalue weighted by Crippen LogP contribution is 2.37. The Morgan fingerprint density at radius 3 is 2.74 bits per heavy atom. The molecule has 0 amide bonds. The fraction of sp³-hybridized carbons (Fsp3) is 0.269. The third kappa shape index (κ3) is 5.17. The van der Waals surface area contributed by atoms with Crippen molar-refractivity contribution >= 4 is 28.7 Å². The number of anilines is 3. The molecular weight excluding hydrogens is 465 g/mol. The van der Waals surface area contributed by atoms with Gasteiger partial charge in [0.1, 0.15) is 5.82 Å². The van der Waals surface area contributed by atoms with Gasteiger partial charge in [0.15, 0.2) is 0 Å². The van der Waals surface area contributed by atoms with Gasteiger partial charge >= 0.3 is 0 Å². The number of ether oxygens (including phenoxy) is 1. The molecule has 0 spiro atoms. The van der Waals surface area contributed by atoms with Crippen molar-refractivity contribution in [2.75, 3.05) is 36.5 Å². The van der Waals surface area contributed by atoms with Crippen LogP contribution in [0.15, 0.2) is 54.7 Å². The lowest BCUT2D eigenvalue weighted by atomic mass is 10.1. The van der Waals surface area contributed by atoms with E-state index in [2.05, 4.69) is 17.2 Å². The molecule has 180 valence electrons. The first-order valence-corrected chi connectivity index (χ1v) is 12.4. The number of benzene rings is 2. The normalized spacial score (nSPS) is 13.7. The second-order valence-corrected chi connectivity index (χ2v) is 9.24. The van der Waals surface area contributed by atoms with Crippen molar-refractivity contribution in [3.8, 4) is 21.8 Å². The molecule has 35 heavy (non-hydrogen) atoms. The smallest absolute Gasteiger partial charge is 0.227 e. The zero-order valence-electron chi connectivity index (χ0n) is 19.4. The molecule has 1 fully saturated rings. The van der Waals surface area contributed by atoms with Crippen LogP contribution in [0.25, 0.3) is 21.8 Å². The average Bonchev–Trinajstić information content (AvgIpc) is 3.34. The van der Waals surface area contributed by atoms with Crippen LogP contribution in [0.2, 0.25) is 0 Å². The van der Waals surface area contributed by atoms with Crippen molar-refractivity contribution in [2.45, 2.75) is 20.0 Å². The van der Waals surface area contributed by atoms with Crippen molar-refractivity contribution < 1.29 is 14.2 Å². The average molecular weight is 492 g/mol. The molecular formula is C26H26FN5O2S. The Hall–Kier alpha value is -3.40. The van der Waals surface area contributed by atoms with E-state index in [-0.39, 0.29) is 12.4 Å². The standard InChI is InChI=1S/C26H26FN5O2S/c1-2-23-31-24(18-5-3-4-17(14-18)16-33)25(35-23)21-8-9-28-26(30-21)29-19-6-7-22(20(27)15-19)32-10-12-34-13-11-32/h3-9,14-15,33H,2,10-13,16H2,1H3,(H,28,29,30). The number of nitrogens with zero attached hydrogens (tertiary/aromatic N) is 4. The second kappa shape index (κ2) is 10.5. The van der Waals surface area contributed by atoms with Crippen LogP contribution in [0.1, 0.15) is 17.5 Å². The Morgan fingerprint density at radius 1 is 1.11 bits per heavy atom. The zero-order chi connectivity index (χ0) is 24.2. The van der Waals surface area contributed by atoms with Crippen molar-refractivity contribution in [1.82, 2.24) is 15.0 Å². The molecule has 0 bridgehead atoms. The molecule has 0 unspecified atom stereocenters. The van der Waals surface area contributed by atoms with Crippen LogP contribution in [-0.2, 0) is 17.8 Å². The van der Waals surface area contributed by atoms with Gasteiger partial charge in [-0.05, 0) is 42.3 Å². The second-order valence-electron chi connectivity index (χ2n) is 8.15. The van der Waals surface area contributed by atoms with Crippen molar-refractivity contribution in [1.29, 1.82) is 0 Å². The third-order valence-electron chi connectivity index (χ3n) is 5.80. The summed E-state index contributed by atoms with van der Waals surface area (Å²) < 4.78 is 20.2. The van der Waals surface area contributed by atoms with Gasteiger partial charge in [0.05, 0.1) is 46.8 Å². The molecule has 0 atom stereocenters. The summed E-state index contributed by atoms with van der Waals surface area (Å²) in [5, 5.41) is 13.7. The molecule has 0 saturated carbocycles. The third-order valence-corrected chi connectivity index (χ3v) is 7.02. The summed E-state index contributed by atoms with van der Waals surface area (Å²) in [6.45, 7) is 4.59. The lowest BCUT2D eigenvalue weighted by Gasteiger charge is -2.29. The maximum absolute atomic E-state index is 14.8. The van der Waals surface area contributed by atoms with Gasteiger partial charge in [-0.25, -0.2) is 19.3 Å². The summed E-state index contributed by atoms with van der Waals surface area (Å²) in [6.07, 6.45) is 2.49. The predicted molar refractivity (Wildman–Crippen MR) is 137 cm³/mol. The van der Waals surface area contributed by atoms with E-state index in [9.17, 15) is 9.50 Å². The van der Waals surface area contributed by atoms with Gasteiger partial charge in [-0.3, -0.25) is 0 Å². The van der Waals surface area contributed by atoms with Gasteiger partial charge in [-0.1, -0.05) is 25.1 Å². The number of aromatic nitrogens is 3. The van der Waals surface area contributed by atoms with Gasteiger partial charge < -0.3 is 20.1 Å². The van der Waals surface area contributed by atoms with E-state index in [1.165, 1.54) is 6.07 Å². The van der Waals surface area contributed by atoms with Crippen molar-refractivity contribution in [2.24, 2.45) is 0 Å². The summed E-state index contributed by atoms with van der Waals surface area (Å²) in [5.74, 6) is 0.0803. The van der Waals surface area contributed by atoms with E-state index < -0.39 is 0 Å². The molecule has 1 saturated heterocycles. The quantitative estimate of drug-likeness (QED) is 0.375. The summed E-state index contributed by atoms with van der Waals surface area (Å²) in [6, 6.07) is 14.6. The fourth-order valence-corrected chi connectivity index (χ4v) is 5.02. The molecule has 7 nitrogen and oxygen atoms in total. The predicted octanol–water partition coefficient (Wildman–Crippen LogP) is 5.04. The fourth-order valence-electron chi connectivity index (χ4n) is 4.02. The minimum Gasteiger partial charge on any atom is -0.392 e. The maximum atomic E-state index is 14.8. The molecule has 9 heteroatoms. The summed E-state index contributed by atoms with van der Waals surface area (Å²) in [7, 11) is 0. The van der Waals surface area contributed by atoms with Crippen LogP contribution in [0.4, 0.5) is 21.7 Å². The van der Waals surface area contributed by atoms with E-state index in [0.29, 0.717) is 43.6 Å². The van der Waals surface area contributed by atoms with E-state index in [4.69, 9.17) is 14.7 Å². The Morgan fingerprint density at radius 2 is 1.97 bits per heavy atom. The zero-order valence-corrected chi connectivity index (χ0v) is 20.2. The number of morpholine rings is 1. The first-order chi connectivity index (χ1) is 17.1. The van der Waals surface area contributed by atoms with Crippen LogP contribution >= 0.6 is 11.3 Å². The van der Waals surface area contributed by atoms with Crippen LogP contribution < -0.4 is 10.2 Å². The van der Waals surface area contributed by atoms with Gasteiger partial charge in [0, 0.05) is 30.5 Å². The largest absolute Gasteiger partial charge is 0.392 e. The molecule has 0 radical (unpaired) electrons. The Bertz CT molecular complexity index is 1320. The Kier molecular flexibility index (Phi) is 6.98. The summed E-state index contributed by atoms with van der Waals surface area (Å²) in [5.41, 5.74) is 4.46. The topological polar surface area (TPSA) is 83.4 Å². The van der Waals surface area contributed by atoms with E-state index >= 15 is 0 Å². The van der Waals surface area contributed by atoms with Crippen LogP contribution in [0.5, 0.6) is 0 Å². The number of halogens is 1.